The molecule has 0 N–H and O–H groups in total. The molecule has 23 heavy (non-hydrogen) atoms. The van der Waals surface area contributed by atoms with Crippen molar-refractivity contribution in [3.05, 3.63) is 47.4 Å². The summed E-state index contributed by atoms with van der Waals surface area (Å²) in [6.45, 7) is 8.22. The quantitative estimate of drug-likeness (QED) is 0.611. The number of carbonyl (C=O) groups excluding carboxylic acids is 1. The van der Waals surface area contributed by atoms with Gasteiger partial charge in [-0.3, -0.25) is 14.7 Å². The van der Waals surface area contributed by atoms with Crippen LogP contribution >= 0.6 is 11.8 Å². The number of hydrogen-bond donors (Lipinski definition) is 0. The Morgan fingerprint density at radius 3 is 2.48 bits per heavy atom. The van der Waals surface area contributed by atoms with Gasteiger partial charge in [-0.2, -0.15) is 0 Å². The second-order valence-corrected chi connectivity index (χ2v) is 6.82. The average Bonchev–Trinajstić information content (AvgIpc) is 2.76. The number of aliphatic imine (C=N–C) groups is 1. The minimum atomic E-state index is -0.00835. The molecule has 122 valence electrons. The van der Waals surface area contributed by atoms with Gasteiger partial charge in [-0.15, -0.1) is 6.58 Å². The molecule has 2 rings (SSSR count). The Labute approximate surface area is 142 Å². The van der Waals surface area contributed by atoms with Crippen LogP contribution in [-0.4, -0.2) is 42.7 Å². The first-order valence-corrected chi connectivity index (χ1v) is 8.41. The zero-order chi connectivity index (χ0) is 17.0. The van der Waals surface area contributed by atoms with Crippen LogP contribution < -0.4 is 4.90 Å². The van der Waals surface area contributed by atoms with Crippen LogP contribution in [0.3, 0.4) is 0 Å². The predicted octanol–water partition coefficient (Wildman–Crippen LogP) is 3.62. The molecule has 1 amide bonds. The molecule has 0 bridgehead atoms. The van der Waals surface area contributed by atoms with Crippen molar-refractivity contribution in [1.29, 1.82) is 0 Å². The van der Waals surface area contributed by atoms with E-state index in [2.05, 4.69) is 11.6 Å². The van der Waals surface area contributed by atoms with Crippen molar-refractivity contribution in [3.63, 3.8) is 0 Å². The van der Waals surface area contributed by atoms with Crippen molar-refractivity contribution < 1.29 is 4.79 Å². The summed E-state index contributed by atoms with van der Waals surface area (Å²) in [7, 11) is 4.01. The Balaban J connectivity index is 2.28. The van der Waals surface area contributed by atoms with Gasteiger partial charge in [-0.25, -0.2) is 0 Å². The van der Waals surface area contributed by atoms with E-state index in [0.29, 0.717) is 11.4 Å². The molecule has 0 aliphatic carbocycles. The minimum Gasteiger partial charge on any atom is -0.378 e. The van der Waals surface area contributed by atoms with E-state index in [1.807, 2.05) is 63.2 Å². The van der Waals surface area contributed by atoms with Crippen LogP contribution in [0.2, 0.25) is 0 Å². The van der Waals surface area contributed by atoms with Crippen molar-refractivity contribution >= 4 is 34.6 Å². The van der Waals surface area contributed by atoms with E-state index < -0.39 is 0 Å². The summed E-state index contributed by atoms with van der Waals surface area (Å²) in [5, 5.41) is 0.751. The fourth-order valence-corrected chi connectivity index (χ4v) is 3.26. The van der Waals surface area contributed by atoms with Crippen LogP contribution in [0.15, 0.2) is 46.8 Å². The molecule has 0 saturated carbocycles. The highest BCUT2D eigenvalue weighted by Crippen LogP contribution is 2.33. The largest absolute Gasteiger partial charge is 0.378 e. The Kier molecular flexibility index (Phi) is 5.66. The molecule has 1 aromatic rings. The third-order valence-corrected chi connectivity index (χ3v) is 4.30. The molecule has 1 heterocycles. The van der Waals surface area contributed by atoms with Gasteiger partial charge in [0.25, 0.3) is 5.91 Å². The molecule has 5 heteroatoms. The fraction of sp³-hybridized carbons (Fsp3) is 0.333. The molecule has 0 atom stereocenters. The predicted molar refractivity (Wildman–Crippen MR) is 101 cm³/mol. The monoisotopic (exact) mass is 329 g/mol. The second-order valence-electron chi connectivity index (χ2n) is 5.81. The van der Waals surface area contributed by atoms with E-state index in [1.54, 1.807) is 11.0 Å². The van der Waals surface area contributed by atoms with E-state index in [1.165, 1.54) is 11.8 Å². The van der Waals surface area contributed by atoms with Crippen molar-refractivity contribution in [2.24, 2.45) is 4.99 Å². The number of benzene rings is 1. The van der Waals surface area contributed by atoms with Gasteiger partial charge >= 0.3 is 0 Å². The third-order valence-electron chi connectivity index (χ3n) is 3.28. The topological polar surface area (TPSA) is 35.9 Å². The summed E-state index contributed by atoms with van der Waals surface area (Å²) in [5.74, 6) is -0.00835. The lowest BCUT2D eigenvalue weighted by molar-refractivity contribution is -0.121. The highest BCUT2D eigenvalue weighted by molar-refractivity contribution is 8.18. The summed E-state index contributed by atoms with van der Waals surface area (Å²) in [6.07, 6.45) is 3.65. The molecule has 0 spiro atoms. The van der Waals surface area contributed by atoms with Crippen LogP contribution in [0.1, 0.15) is 19.4 Å². The number of nitrogens with zero attached hydrogens (tertiary/aromatic N) is 3. The molecule has 4 nitrogen and oxygen atoms in total. The van der Waals surface area contributed by atoms with Gasteiger partial charge in [0.2, 0.25) is 0 Å². The molecular formula is C18H23N3OS. The molecule has 1 aliphatic rings. The third kappa shape index (κ3) is 4.26. The standard InChI is InChI=1S/C18H23N3OS/c1-6-11-21-17(22)16(23-18(21)19-13(2)3)12-14-7-9-15(10-8-14)20(4)5/h6-10,12-13H,1,11H2,2-5H3/b16-12-,19-18-. The smallest absolute Gasteiger partial charge is 0.267 e. The van der Waals surface area contributed by atoms with E-state index in [0.717, 1.165) is 16.4 Å². The number of hydrogen-bond acceptors (Lipinski definition) is 4. The second kappa shape index (κ2) is 7.51. The average molecular weight is 329 g/mol. The summed E-state index contributed by atoms with van der Waals surface area (Å²) in [4.78, 5) is 21.5. The van der Waals surface area contributed by atoms with Crippen LogP contribution in [0, 0.1) is 0 Å². The molecule has 1 aliphatic heterocycles. The van der Waals surface area contributed by atoms with E-state index in [-0.39, 0.29) is 11.9 Å². The summed E-state index contributed by atoms with van der Waals surface area (Å²) < 4.78 is 0. The molecule has 1 fully saturated rings. The van der Waals surface area contributed by atoms with Crippen molar-refractivity contribution in [2.75, 3.05) is 25.5 Å². The van der Waals surface area contributed by atoms with Crippen LogP contribution in [0.5, 0.6) is 0 Å². The first-order valence-electron chi connectivity index (χ1n) is 7.60. The Bertz CT molecular complexity index is 645. The molecule has 1 saturated heterocycles. The number of amides is 1. The zero-order valence-corrected chi connectivity index (χ0v) is 14.9. The SMILES string of the molecule is C=CCN1C(=O)/C(=C/c2ccc(N(C)C)cc2)S/C1=N\C(C)C. The van der Waals surface area contributed by atoms with Gasteiger partial charge < -0.3 is 4.90 Å². The molecule has 1 aromatic carbocycles. The lowest BCUT2D eigenvalue weighted by Gasteiger charge is -2.13. The van der Waals surface area contributed by atoms with Gasteiger partial charge in [-0.1, -0.05) is 18.2 Å². The molecule has 0 radical (unpaired) electrons. The highest BCUT2D eigenvalue weighted by Gasteiger charge is 2.32. The van der Waals surface area contributed by atoms with Gasteiger partial charge in [0.1, 0.15) is 0 Å². The normalized spacial score (nSPS) is 18.3. The van der Waals surface area contributed by atoms with E-state index in [4.69, 9.17) is 0 Å². The van der Waals surface area contributed by atoms with Crippen LogP contribution in [-0.2, 0) is 4.79 Å². The summed E-state index contributed by atoms with van der Waals surface area (Å²) in [5.41, 5.74) is 2.14. The Hall–Kier alpha value is -2.01. The first kappa shape index (κ1) is 17.3. The number of rotatable bonds is 5. The Morgan fingerprint density at radius 1 is 1.30 bits per heavy atom. The summed E-state index contributed by atoms with van der Waals surface area (Å²) in [6, 6.07) is 8.27. The maximum atomic E-state index is 12.6. The minimum absolute atomic E-state index is 0.00835. The van der Waals surface area contributed by atoms with Crippen molar-refractivity contribution in [3.8, 4) is 0 Å². The van der Waals surface area contributed by atoms with E-state index in [9.17, 15) is 4.79 Å². The number of anilines is 1. The maximum absolute atomic E-state index is 12.6. The van der Waals surface area contributed by atoms with Gasteiger partial charge in [0.15, 0.2) is 5.17 Å². The Morgan fingerprint density at radius 2 is 1.96 bits per heavy atom. The first-order chi connectivity index (χ1) is 10.9. The van der Waals surface area contributed by atoms with Gasteiger partial charge in [0.05, 0.1) is 4.91 Å². The van der Waals surface area contributed by atoms with Crippen molar-refractivity contribution in [1.82, 2.24) is 4.90 Å². The molecule has 0 unspecified atom stereocenters. The molecule has 0 aromatic heterocycles. The lowest BCUT2D eigenvalue weighted by atomic mass is 10.2. The summed E-state index contributed by atoms with van der Waals surface area (Å²) >= 11 is 1.43. The fourth-order valence-electron chi connectivity index (χ4n) is 2.14. The van der Waals surface area contributed by atoms with Gasteiger partial charge in [0, 0.05) is 32.4 Å². The molecular weight excluding hydrogens is 306 g/mol. The van der Waals surface area contributed by atoms with E-state index >= 15 is 0 Å². The van der Waals surface area contributed by atoms with Gasteiger partial charge in [-0.05, 0) is 49.4 Å². The lowest BCUT2D eigenvalue weighted by Crippen LogP contribution is -2.29. The maximum Gasteiger partial charge on any atom is 0.267 e. The number of carbonyl (C=O) groups is 1. The van der Waals surface area contributed by atoms with Crippen LogP contribution in [0.25, 0.3) is 6.08 Å². The zero-order valence-electron chi connectivity index (χ0n) is 14.1. The number of thioether (sulfide) groups is 1. The number of amidine groups is 1. The van der Waals surface area contributed by atoms with Crippen molar-refractivity contribution in [2.45, 2.75) is 19.9 Å². The highest BCUT2D eigenvalue weighted by atomic mass is 32.2. The van der Waals surface area contributed by atoms with Crippen LogP contribution in [0.4, 0.5) is 5.69 Å².